The van der Waals surface area contributed by atoms with E-state index in [1.165, 1.54) is 19.2 Å². The van der Waals surface area contributed by atoms with Crippen LogP contribution in [-0.2, 0) is 0 Å². The number of aromatic nitrogens is 2. The molecule has 0 saturated carbocycles. The lowest BCUT2D eigenvalue weighted by molar-refractivity contribution is 0.389. The minimum atomic E-state index is -0.987. The molecule has 0 bridgehead atoms. The third kappa shape index (κ3) is 2.33. The fraction of sp³-hybridized carbons (Fsp3) is 0.0667. The van der Waals surface area contributed by atoms with Gasteiger partial charge in [-0.2, -0.15) is 0 Å². The predicted octanol–water partition coefficient (Wildman–Crippen LogP) is 3.96. The van der Waals surface area contributed by atoms with Crippen molar-refractivity contribution >= 4 is 28.3 Å². The van der Waals surface area contributed by atoms with Gasteiger partial charge in [0.05, 0.1) is 18.0 Å². The van der Waals surface area contributed by atoms with Crippen LogP contribution in [0.2, 0.25) is 5.02 Å². The first kappa shape index (κ1) is 15.4. The molecule has 0 atom stereocenters. The average Bonchev–Trinajstić information content (AvgIpc) is 2.54. The summed E-state index contributed by atoms with van der Waals surface area (Å²) in [7, 11) is 1.25. The van der Waals surface area contributed by atoms with Crippen LogP contribution in [0.5, 0.6) is 5.75 Å². The molecule has 8 heteroatoms. The number of fused-ring (bicyclic) bond motifs is 1. The summed E-state index contributed by atoms with van der Waals surface area (Å²) in [5.41, 5.74) is 5.86. The summed E-state index contributed by atoms with van der Waals surface area (Å²) in [5.74, 6) is -2.95. The summed E-state index contributed by atoms with van der Waals surface area (Å²) in [6.45, 7) is 0. The monoisotopic (exact) mass is 339 g/mol. The van der Waals surface area contributed by atoms with Gasteiger partial charge in [-0.25, -0.2) is 23.1 Å². The Bertz CT molecular complexity index is 934. The van der Waals surface area contributed by atoms with Crippen LogP contribution in [0.25, 0.3) is 22.0 Å². The number of benzene rings is 2. The number of hydrogen-bond acceptors (Lipinski definition) is 4. The smallest absolute Gasteiger partial charge is 0.178 e. The number of rotatable bonds is 2. The Morgan fingerprint density at radius 2 is 1.83 bits per heavy atom. The van der Waals surface area contributed by atoms with E-state index in [2.05, 4.69) is 9.97 Å². The van der Waals surface area contributed by atoms with Crippen LogP contribution < -0.4 is 10.5 Å². The quantitative estimate of drug-likeness (QED) is 0.718. The highest BCUT2D eigenvalue weighted by molar-refractivity contribution is 6.31. The maximum atomic E-state index is 14.4. The van der Waals surface area contributed by atoms with Gasteiger partial charge in [0, 0.05) is 11.1 Å². The summed E-state index contributed by atoms with van der Waals surface area (Å²) >= 11 is 5.61. The summed E-state index contributed by atoms with van der Waals surface area (Å²) in [6, 6.07) is 3.44. The van der Waals surface area contributed by atoms with Crippen LogP contribution >= 0.6 is 11.6 Å². The van der Waals surface area contributed by atoms with E-state index in [0.29, 0.717) is 0 Å². The van der Waals surface area contributed by atoms with E-state index < -0.39 is 22.5 Å². The van der Waals surface area contributed by atoms with Gasteiger partial charge in [0.1, 0.15) is 23.0 Å². The number of methoxy groups -OCH3 is 1. The van der Waals surface area contributed by atoms with Gasteiger partial charge in [0.25, 0.3) is 0 Å². The molecule has 0 saturated heterocycles. The number of ether oxygens (including phenoxy) is 1. The number of nitrogens with zero attached hydrogens (tertiary/aromatic N) is 2. The van der Waals surface area contributed by atoms with Crippen molar-refractivity contribution in [3.8, 4) is 16.9 Å². The van der Waals surface area contributed by atoms with Crippen molar-refractivity contribution in [2.75, 3.05) is 12.8 Å². The third-order valence-corrected chi connectivity index (χ3v) is 3.73. The van der Waals surface area contributed by atoms with E-state index in [1.54, 1.807) is 0 Å². The molecule has 0 amide bonds. The first-order valence-corrected chi connectivity index (χ1v) is 6.74. The zero-order valence-electron chi connectivity index (χ0n) is 11.7. The highest BCUT2D eigenvalue weighted by Gasteiger charge is 2.21. The van der Waals surface area contributed by atoms with E-state index in [0.717, 1.165) is 12.4 Å². The number of hydrogen-bond donors (Lipinski definition) is 1. The van der Waals surface area contributed by atoms with E-state index in [9.17, 15) is 13.2 Å². The van der Waals surface area contributed by atoms with Gasteiger partial charge < -0.3 is 10.5 Å². The largest absolute Gasteiger partial charge is 0.494 e. The van der Waals surface area contributed by atoms with E-state index >= 15 is 0 Å². The van der Waals surface area contributed by atoms with Crippen molar-refractivity contribution in [3.63, 3.8) is 0 Å². The molecule has 0 unspecified atom stereocenters. The van der Waals surface area contributed by atoms with Crippen molar-refractivity contribution in [1.29, 1.82) is 0 Å². The van der Waals surface area contributed by atoms with Gasteiger partial charge >= 0.3 is 0 Å². The molecule has 3 aromatic rings. The fourth-order valence-electron chi connectivity index (χ4n) is 2.29. The molecule has 0 radical (unpaired) electrons. The Balaban J connectivity index is 2.45. The maximum absolute atomic E-state index is 14.4. The van der Waals surface area contributed by atoms with Gasteiger partial charge in [0.15, 0.2) is 17.4 Å². The maximum Gasteiger partial charge on any atom is 0.178 e. The second kappa shape index (κ2) is 5.58. The molecule has 4 nitrogen and oxygen atoms in total. The molecule has 0 aliphatic rings. The topological polar surface area (TPSA) is 61.0 Å². The number of halogens is 4. The zero-order valence-corrected chi connectivity index (χ0v) is 12.5. The summed E-state index contributed by atoms with van der Waals surface area (Å²) in [6.07, 6.45) is 1.12. The minimum absolute atomic E-state index is 0.0576. The normalized spacial score (nSPS) is 11.0. The first-order valence-electron chi connectivity index (χ1n) is 6.36. The third-order valence-electron chi connectivity index (χ3n) is 3.39. The summed E-state index contributed by atoms with van der Waals surface area (Å²) < 4.78 is 47.0. The number of nitrogen functional groups attached to an aromatic ring is 1. The Morgan fingerprint density at radius 1 is 1.09 bits per heavy atom. The zero-order chi connectivity index (χ0) is 16.7. The molecule has 1 aromatic heterocycles. The Labute approximate surface area is 133 Å². The Morgan fingerprint density at radius 3 is 2.52 bits per heavy atom. The van der Waals surface area contributed by atoms with Gasteiger partial charge in [-0.1, -0.05) is 11.6 Å². The fourth-order valence-corrected chi connectivity index (χ4v) is 2.46. The molecular formula is C15H9ClF3N3O. The van der Waals surface area contributed by atoms with Gasteiger partial charge in [-0.15, -0.1) is 0 Å². The van der Waals surface area contributed by atoms with E-state index in [4.69, 9.17) is 22.1 Å². The Hall–Kier alpha value is -2.54. The van der Waals surface area contributed by atoms with Crippen molar-refractivity contribution < 1.29 is 17.9 Å². The lowest BCUT2D eigenvalue weighted by atomic mass is 10.0. The summed E-state index contributed by atoms with van der Waals surface area (Å²) in [5, 5.41) is -0.775. The molecule has 2 N–H and O–H groups in total. The highest BCUT2D eigenvalue weighted by atomic mass is 35.5. The second-order valence-electron chi connectivity index (χ2n) is 4.65. The number of nitrogens with two attached hydrogens (primary N) is 1. The van der Waals surface area contributed by atoms with Crippen LogP contribution in [0, 0.1) is 17.5 Å². The second-order valence-corrected chi connectivity index (χ2v) is 5.02. The predicted molar refractivity (Wildman–Crippen MR) is 80.8 cm³/mol. The van der Waals surface area contributed by atoms with E-state index in [1.807, 2.05) is 0 Å². The standard InChI is InChI=1S/C15H9ClF3N3O/c1-23-9-4-7(6-2-3-8(17)11(16)12(6)18)14-10(13(9)19)15(20)22-5-21-14/h2-5H,1H3,(H2,20,21,22). The molecule has 2 aromatic carbocycles. The van der Waals surface area contributed by atoms with Gasteiger partial charge in [0.2, 0.25) is 0 Å². The first-order chi connectivity index (χ1) is 11.0. The van der Waals surface area contributed by atoms with Crippen LogP contribution in [0.4, 0.5) is 19.0 Å². The van der Waals surface area contributed by atoms with Crippen molar-refractivity contribution in [1.82, 2.24) is 9.97 Å². The molecule has 0 aliphatic carbocycles. The van der Waals surface area contributed by atoms with Crippen molar-refractivity contribution in [2.24, 2.45) is 0 Å². The molecule has 0 fully saturated rings. The van der Waals surface area contributed by atoms with Crippen LogP contribution in [-0.4, -0.2) is 17.1 Å². The lowest BCUT2D eigenvalue weighted by Crippen LogP contribution is -2.01. The van der Waals surface area contributed by atoms with Gasteiger partial charge in [-0.05, 0) is 18.2 Å². The number of anilines is 1. The molecular weight excluding hydrogens is 331 g/mol. The lowest BCUT2D eigenvalue weighted by Gasteiger charge is -2.13. The van der Waals surface area contributed by atoms with Crippen LogP contribution in [0.15, 0.2) is 24.5 Å². The molecule has 118 valence electrons. The molecule has 3 rings (SSSR count). The van der Waals surface area contributed by atoms with E-state index in [-0.39, 0.29) is 33.6 Å². The SMILES string of the molecule is COc1cc(-c2ccc(F)c(Cl)c2F)c2ncnc(N)c2c1F. The minimum Gasteiger partial charge on any atom is -0.494 e. The average molecular weight is 340 g/mol. The molecule has 0 aliphatic heterocycles. The summed E-state index contributed by atoms with van der Waals surface area (Å²) in [4.78, 5) is 7.68. The highest BCUT2D eigenvalue weighted by Crippen LogP contribution is 2.39. The van der Waals surface area contributed by atoms with Crippen molar-refractivity contribution in [2.45, 2.75) is 0 Å². The Kier molecular flexibility index (Phi) is 3.73. The van der Waals surface area contributed by atoms with Crippen molar-refractivity contribution in [3.05, 3.63) is 47.0 Å². The van der Waals surface area contributed by atoms with Crippen LogP contribution in [0.1, 0.15) is 0 Å². The van der Waals surface area contributed by atoms with Gasteiger partial charge in [-0.3, -0.25) is 0 Å². The molecule has 1 heterocycles. The molecule has 0 spiro atoms. The van der Waals surface area contributed by atoms with Crippen LogP contribution in [0.3, 0.4) is 0 Å². The molecule has 23 heavy (non-hydrogen) atoms.